The van der Waals surface area contributed by atoms with Crippen molar-refractivity contribution in [2.24, 2.45) is 0 Å². The van der Waals surface area contributed by atoms with E-state index in [1.54, 1.807) is 13.1 Å². The van der Waals surface area contributed by atoms with Crippen LogP contribution in [0.25, 0.3) is 0 Å². The molecule has 0 saturated heterocycles. The number of ether oxygens (including phenoxy) is 1. The van der Waals surface area contributed by atoms with Crippen molar-refractivity contribution in [3.8, 4) is 5.75 Å². The summed E-state index contributed by atoms with van der Waals surface area (Å²) in [6, 6.07) is 10.1. The average molecular weight is 380 g/mol. The van der Waals surface area contributed by atoms with Gasteiger partial charge in [0.05, 0.1) is 6.54 Å². The van der Waals surface area contributed by atoms with Crippen LogP contribution in [0.15, 0.2) is 40.9 Å². The molecule has 0 unspecified atom stereocenters. The van der Waals surface area contributed by atoms with Gasteiger partial charge >= 0.3 is 0 Å². The molecule has 1 amide bonds. The van der Waals surface area contributed by atoms with Crippen molar-refractivity contribution in [1.29, 1.82) is 0 Å². The van der Waals surface area contributed by atoms with Crippen molar-refractivity contribution in [3.63, 3.8) is 0 Å². The number of benzene rings is 2. The SMILES string of the molecule is Cc1cc(C)cc(OCCN(C)C(=O)c2cc(F)cc(Br)c2)c1. The van der Waals surface area contributed by atoms with E-state index >= 15 is 0 Å². The molecule has 23 heavy (non-hydrogen) atoms. The van der Waals surface area contributed by atoms with E-state index in [-0.39, 0.29) is 5.91 Å². The van der Waals surface area contributed by atoms with E-state index in [1.807, 2.05) is 26.0 Å². The molecule has 0 bridgehead atoms. The Morgan fingerprint density at radius 3 is 2.39 bits per heavy atom. The number of halogens is 2. The Kier molecular flexibility index (Phi) is 5.77. The minimum Gasteiger partial charge on any atom is -0.492 e. The van der Waals surface area contributed by atoms with Gasteiger partial charge in [-0.15, -0.1) is 0 Å². The average Bonchev–Trinajstić information content (AvgIpc) is 2.44. The predicted molar refractivity (Wildman–Crippen MR) is 92.5 cm³/mol. The van der Waals surface area contributed by atoms with Gasteiger partial charge in [0.2, 0.25) is 0 Å². The van der Waals surface area contributed by atoms with E-state index in [2.05, 4.69) is 22.0 Å². The number of aryl methyl sites for hydroxylation is 2. The zero-order valence-corrected chi connectivity index (χ0v) is 15.0. The highest BCUT2D eigenvalue weighted by Gasteiger charge is 2.13. The maximum absolute atomic E-state index is 13.4. The minimum atomic E-state index is -0.442. The molecule has 2 rings (SSSR count). The van der Waals surface area contributed by atoms with Crippen LogP contribution in [0.1, 0.15) is 21.5 Å². The lowest BCUT2D eigenvalue weighted by Gasteiger charge is -2.18. The Bertz CT molecular complexity index is 678. The van der Waals surface area contributed by atoms with Crippen LogP contribution in [0, 0.1) is 19.7 Å². The van der Waals surface area contributed by atoms with E-state index in [0.29, 0.717) is 23.2 Å². The van der Waals surface area contributed by atoms with Gasteiger partial charge in [-0.3, -0.25) is 4.79 Å². The van der Waals surface area contributed by atoms with Crippen molar-refractivity contribution in [1.82, 2.24) is 4.90 Å². The molecular formula is C18H19BrFNO2. The van der Waals surface area contributed by atoms with Crippen LogP contribution < -0.4 is 4.74 Å². The van der Waals surface area contributed by atoms with Crippen LogP contribution in [0.4, 0.5) is 4.39 Å². The summed E-state index contributed by atoms with van der Waals surface area (Å²) in [5, 5.41) is 0. The van der Waals surface area contributed by atoms with Crippen LogP contribution >= 0.6 is 15.9 Å². The van der Waals surface area contributed by atoms with Gasteiger partial charge in [0.25, 0.3) is 5.91 Å². The van der Waals surface area contributed by atoms with Gasteiger partial charge in [-0.25, -0.2) is 4.39 Å². The molecule has 0 aliphatic heterocycles. The molecule has 0 radical (unpaired) electrons. The molecule has 0 aromatic heterocycles. The van der Waals surface area contributed by atoms with Crippen LogP contribution in [-0.2, 0) is 0 Å². The molecule has 0 aliphatic carbocycles. The Morgan fingerprint density at radius 2 is 1.78 bits per heavy atom. The van der Waals surface area contributed by atoms with Gasteiger partial charge in [0.15, 0.2) is 0 Å². The molecule has 2 aromatic carbocycles. The summed E-state index contributed by atoms with van der Waals surface area (Å²) in [7, 11) is 1.67. The molecule has 2 aromatic rings. The fourth-order valence-electron chi connectivity index (χ4n) is 2.32. The highest BCUT2D eigenvalue weighted by molar-refractivity contribution is 9.10. The molecule has 0 N–H and O–H groups in total. The van der Waals surface area contributed by atoms with E-state index in [9.17, 15) is 9.18 Å². The smallest absolute Gasteiger partial charge is 0.253 e. The second-order valence-electron chi connectivity index (χ2n) is 5.56. The van der Waals surface area contributed by atoms with Crippen molar-refractivity contribution < 1.29 is 13.9 Å². The largest absolute Gasteiger partial charge is 0.492 e. The summed E-state index contributed by atoms with van der Waals surface area (Å²) in [5.74, 6) is 0.105. The first-order chi connectivity index (χ1) is 10.8. The number of hydrogen-bond donors (Lipinski definition) is 0. The number of carbonyl (C=O) groups excluding carboxylic acids is 1. The summed E-state index contributed by atoms with van der Waals surface area (Å²) in [4.78, 5) is 13.8. The third kappa shape index (κ3) is 5.06. The molecule has 0 spiro atoms. The van der Waals surface area contributed by atoms with Crippen molar-refractivity contribution >= 4 is 21.8 Å². The Hall–Kier alpha value is -1.88. The van der Waals surface area contributed by atoms with Crippen LogP contribution in [0.3, 0.4) is 0 Å². The quantitative estimate of drug-likeness (QED) is 0.772. The van der Waals surface area contributed by atoms with Crippen molar-refractivity contribution in [2.75, 3.05) is 20.2 Å². The van der Waals surface area contributed by atoms with Crippen molar-refractivity contribution in [3.05, 3.63) is 63.4 Å². The molecular weight excluding hydrogens is 361 g/mol. The minimum absolute atomic E-state index is 0.241. The van der Waals surface area contributed by atoms with Gasteiger partial charge in [0.1, 0.15) is 18.2 Å². The number of carbonyl (C=O) groups is 1. The normalized spacial score (nSPS) is 10.5. The fraction of sp³-hybridized carbons (Fsp3) is 0.278. The third-order valence-corrected chi connectivity index (χ3v) is 3.80. The van der Waals surface area contributed by atoms with Gasteiger partial charge in [0, 0.05) is 17.1 Å². The first kappa shape index (κ1) is 17.5. The maximum atomic E-state index is 13.4. The molecule has 3 nitrogen and oxygen atoms in total. The molecule has 0 heterocycles. The zero-order valence-electron chi connectivity index (χ0n) is 13.4. The van der Waals surface area contributed by atoms with E-state index in [4.69, 9.17) is 4.74 Å². The third-order valence-electron chi connectivity index (χ3n) is 3.35. The second kappa shape index (κ2) is 7.59. The first-order valence-corrected chi connectivity index (χ1v) is 8.07. The van der Waals surface area contributed by atoms with E-state index < -0.39 is 5.82 Å². The van der Waals surface area contributed by atoms with E-state index in [0.717, 1.165) is 16.9 Å². The summed E-state index contributed by atoms with van der Waals surface area (Å²) < 4.78 is 19.6. The topological polar surface area (TPSA) is 29.5 Å². The summed E-state index contributed by atoms with van der Waals surface area (Å²) in [6.45, 7) is 4.82. The van der Waals surface area contributed by atoms with Gasteiger partial charge in [-0.05, 0) is 55.3 Å². The summed E-state index contributed by atoms with van der Waals surface area (Å²) in [5.41, 5.74) is 2.58. The lowest BCUT2D eigenvalue weighted by Crippen LogP contribution is -2.31. The standard InChI is InChI=1S/C18H19BrFNO2/c1-12-6-13(2)8-17(7-12)23-5-4-21(3)18(22)14-9-15(19)11-16(20)10-14/h6-11H,4-5H2,1-3H3. The molecule has 122 valence electrons. The lowest BCUT2D eigenvalue weighted by molar-refractivity contribution is 0.0773. The molecule has 0 atom stereocenters. The fourth-order valence-corrected chi connectivity index (χ4v) is 2.78. The molecule has 0 saturated carbocycles. The predicted octanol–water partition coefficient (Wildman–Crippen LogP) is 4.36. The summed E-state index contributed by atoms with van der Waals surface area (Å²) >= 11 is 3.19. The molecule has 5 heteroatoms. The second-order valence-corrected chi connectivity index (χ2v) is 6.47. The zero-order chi connectivity index (χ0) is 17.0. The maximum Gasteiger partial charge on any atom is 0.253 e. The number of hydrogen-bond acceptors (Lipinski definition) is 2. The monoisotopic (exact) mass is 379 g/mol. The van der Waals surface area contributed by atoms with Gasteiger partial charge in [-0.2, -0.15) is 0 Å². The highest BCUT2D eigenvalue weighted by atomic mass is 79.9. The van der Waals surface area contributed by atoms with Crippen LogP contribution in [-0.4, -0.2) is 31.0 Å². The molecule has 0 aliphatic rings. The summed E-state index contributed by atoms with van der Waals surface area (Å²) in [6.07, 6.45) is 0. The lowest BCUT2D eigenvalue weighted by atomic mass is 10.1. The Balaban J connectivity index is 1.93. The van der Waals surface area contributed by atoms with Gasteiger partial charge < -0.3 is 9.64 Å². The van der Waals surface area contributed by atoms with E-state index in [1.165, 1.54) is 17.0 Å². The van der Waals surface area contributed by atoms with Gasteiger partial charge in [-0.1, -0.05) is 22.0 Å². The van der Waals surface area contributed by atoms with Crippen molar-refractivity contribution in [2.45, 2.75) is 13.8 Å². The number of amides is 1. The number of nitrogens with zero attached hydrogens (tertiary/aromatic N) is 1. The number of likely N-dealkylation sites (N-methyl/N-ethyl adjacent to an activating group) is 1. The van der Waals surface area contributed by atoms with Crippen LogP contribution in [0.5, 0.6) is 5.75 Å². The molecule has 0 fully saturated rings. The van der Waals surface area contributed by atoms with Crippen LogP contribution in [0.2, 0.25) is 0 Å². The Labute approximate surface area is 144 Å². The first-order valence-electron chi connectivity index (χ1n) is 7.28. The Morgan fingerprint density at radius 1 is 1.13 bits per heavy atom. The number of rotatable bonds is 5. The highest BCUT2D eigenvalue weighted by Crippen LogP contribution is 2.17.